The Kier molecular flexibility index (Phi) is 5.07. The van der Waals surface area contributed by atoms with Crippen LogP contribution in [0.4, 0.5) is 11.4 Å². The molecule has 27 heavy (non-hydrogen) atoms. The zero-order valence-electron chi connectivity index (χ0n) is 15.7. The fourth-order valence-electron chi connectivity index (χ4n) is 3.80. The Morgan fingerprint density at radius 2 is 1.67 bits per heavy atom. The second kappa shape index (κ2) is 7.80. The monoisotopic (exact) mass is 360 g/mol. The second-order valence-corrected chi connectivity index (χ2v) is 7.32. The number of nitrogens with one attached hydrogen (secondary N) is 2. The second-order valence-electron chi connectivity index (χ2n) is 7.32. The predicted octanol–water partition coefficient (Wildman–Crippen LogP) is 2.36. The van der Waals surface area contributed by atoms with Crippen LogP contribution >= 0.6 is 0 Å². The molecular weight excluding hydrogens is 334 g/mol. The lowest BCUT2D eigenvalue weighted by atomic mass is 10.0. The number of rotatable bonds is 4. The highest BCUT2D eigenvalue weighted by atomic mass is 16.1. The first-order valence-electron chi connectivity index (χ1n) is 9.62. The number of hydrogen-bond acceptors (Lipinski definition) is 2. The third-order valence-electron chi connectivity index (χ3n) is 5.37. The van der Waals surface area contributed by atoms with Crippen molar-refractivity contribution in [2.45, 2.75) is 6.42 Å². The van der Waals surface area contributed by atoms with Crippen molar-refractivity contribution in [1.29, 1.82) is 0 Å². The molecule has 4 heteroatoms. The zero-order valence-corrected chi connectivity index (χ0v) is 15.7. The third kappa shape index (κ3) is 3.96. The number of nitrogens with zero attached hydrogens (tertiary/aromatic N) is 1. The number of para-hydroxylation sites is 2. The van der Waals surface area contributed by atoms with E-state index < -0.39 is 0 Å². The van der Waals surface area contributed by atoms with Crippen molar-refractivity contribution >= 4 is 28.1 Å². The molecule has 0 unspecified atom stereocenters. The largest absolute Gasteiger partial charge is 0.359 e. The quantitative estimate of drug-likeness (QED) is 0.749. The Labute approximate surface area is 160 Å². The Bertz CT molecular complexity index is 940. The molecule has 0 spiro atoms. The lowest BCUT2D eigenvalue weighted by molar-refractivity contribution is -0.880. The molecule has 1 aliphatic heterocycles. The molecule has 1 heterocycles. The first-order chi connectivity index (χ1) is 13.2. The van der Waals surface area contributed by atoms with Crippen LogP contribution in [0.1, 0.15) is 5.56 Å². The summed E-state index contributed by atoms with van der Waals surface area (Å²) in [5.41, 5.74) is 3.09. The maximum absolute atomic E-state index is 12.8. The molecule has 2 N–H and O–H groups in total. The van der Waals surface area contributed by atoms with Crippen LogP contribution in [0, 0.1) is 0 Å². The first kappa shape index (κ1) is 17.6. The van der Waals surface area contributed by atoms with Gasteiger partial charge in [-0.05, 0) is 28.5 Å². The molecule has 1 aliphatic rings. The molecule has 0 saturated carbocycles. The van der Waals surface area contributed by atoms with Crippen molar-refractivity contribution in [3.05, 3.63) is 72.3 Å². The van der Waals surface area contributed by atoms with Gasteiger partial charge in [0.2, 0.25) is 5.91 Å². The van der Waals surface area contributed by atoms with Crippen molar-refractivity contribution in [3.63, 3.8) is 0 Å². The van der Waals surface area contributed by atoms with Gasteiger partial charge in [0.05, 0.1) is 51.0 Å². The van der Waals surface area contributed by atoms with Crippen LogP contribution in [-0.4, -0.2) is 39.1 Å². The molecule has 3 aromatic rings. The van der Waals surface area contributed by atoms with Crippen molar-refractivity contribution in [2.75, 3.05) is 43.4 Å². The molecule has 0 aliphatic carbocycles. The molecule has 0 atom stereocenters. The van der Waals surface area contributed by atoms with E-state index in [1.807, 2.05) is 42.5 Å². The van der Waals surface area contributed by atoms with Crippen molar-refractivity contribution < 1.29 is 9.69 Å². The van der Waals surface area contributed by atoms with Crippen LogP contribution in [0.2, 0.25) is 0 Å². The smallest absolute Gasteiger partial charge is 0.228 e. The lowest BCUT2D eigenvalue weighted by Gasteiger charge is -2.33. The van der Waals surface area contributed by atoms with E-state index in [1.165, 1.54) is 5.39 Å². The van der Waals surface area contributed by atoms with E-state index >= 15 is 0 Å². The lowest BCUT2D eigenvalue weighted by Crippen LogP contribution is -3.12. The standard InChI is InChI=1S/C23H25N3O/c1-25-13-15-26(16-14-25)22-12-5-4-11-21(22)24-23(27)17-19-9-6-8-18-7-2-3-10-20(18)19/h2-12H,13-17H2,1H3,(H,24,27)/p+1. The van der Waals surface area contributed by atoms with Gasteiger partial charge < -0.3 is 15.1 Å². The summed E-state index contributed by atoms with van der Waals surface area (Å²) in [5.74, 6) is 0.0264. The Hall–Kier alpha value is -2.85. The SMILES string of the molecule is C[NH+]1CCN(c2ccccc2NC(=O)Cc2cccc3ccccc23)CC1. The van der Waals surface area contributed by atoms with E-state index in [0.29, 0.717) is 6.42 Å². The van der Waals surface area contributed by atoms with Crippen molar-refractivity contribution in [1.82, 2.24) is 0 Å². The molecule has 0 radical (unpaired) electrons. The van der Waals surface area contributed by atoms with Gasteiger partial charge in [0.15, 0.2) is 0 Å². The van der Waals surface area contributed by atoms with Crippen LogP contribution in [-0.2, 0) is 11.2 Å². The van der Waals surface area contributed by atoms with Gasteiger partial charge in [-0.25, -0.2) is 0 Å². The third-order valence-corrected chi connectivity index (χ3v) is 5.37. The van der Waals surface area contributed by atoms with Gasteiger partial charge in [-0.1, -0.05) is 54.6 Å². The van der Waals surface area contributed by atoms with E-state index in [0.717, 1.165) is 48.5 Å². The topological polar surface area (TPSA) is 36.8 Å². The summed E-state index contributed by atoms with van der Waals surface area (Å²) in [6.45, 7) is 4.28. The molecule has 0 bridgehead atoms. The minimum atomic E-state index is 0.0264. The summed E-state index contributed by atoms with van der Waals surface area (Å²) in [6.07, 6.45) is 0.378. The summed E-state index contributed by atoms with van der Waals surface area (Å²) in [6, 6.07) is 22.5. The van der Waals surface area contributed by atoms with Crippen LogP contribution in [0.5, 0.6) is 0 Å². The van der Waals surface area contributed by atoms with Gasteiger partial charge in [-0.15, -0.1) is 0 Å². The number of anilines is 2. The Morgan fingerprint density at radius 1 is 0.963 bits per heavy atom. The molecule has 138 valence electrons. The van der Waals surface area contributed by atoms with E-state index in [9.17, 15) is 4.79 Å². The van der Waals surface area contributed by atoms with E-state index in [2.05, 4.69) is 41.5 Å². The van der Waals surface area contributed by atoms with Gasteiger partial charge in [-0.2, -0.15) is 0 Å². The highest BCUT2D eigenvalue weighted by molar-refractivity contribution is 5.98. The van der Waals surface area contributed by atoms with Gasteiger partial charge >= 0.3 is 0 Å². The van der Waals surface area contributed by atoms with E-state index in [4.69, 9.17) is 0 Å². The fourth-order valence-corrected chi connectivity index (χ4v) is 3.80. The summed E-state index contributed by atoms with van der Waals surface area (Å²) >= 11 is 0. The summed E-state index contributed by atoms with van der Waals surface area (Å²) in [5, 5.41) is 5.46. The highest BCUT2D eigenvalue weighted by Gasteiger charge is 2.19. The number of hydrogen-bond donors (Lipinski definition) is 2. The average Bonchev–Trinajstić information content (AvgIpc) is 2.69. The maximum Gasteiger partial charge on any atom is 0.228 e. The molecule has 1 fully saturated rings. The summed E-state index contributed by atoms with van der Waals surface area (Å²) in [4.78, 5) is 16.7. The van der Waals surface area contributed by atoms with Crippen LogP contribution < -0.4 is 15.1 Å². The Morgan fingerprint density at radius 3 is 2.52 bits per heavy atom. The first-order valence-corrected chi connectivity index (χ1v) is 9.62. The number of fused-ring (bicyclic) bond motifs is 1. The predicted molar refractivity (Wildman–Crippen MR) is 112 cm³/mol. The highest BCUT2D eigenvalue weighted by Crippen LogP contribution is 2.26. The summed E-state index contributed by atoms with van der Waals surface area (Å²) in [7, 11) is 2.23. The van der Waals surface area contributed by atoms with Crippen molar-refractivity contribution in [2.24, 2.45) is 0 Å². The summed E-state index contributed by atoms with van der Waals surface area (Å²) < 4.78 is 0. The van der Waals surface area contributed by atoms with Gasteiger partial charge in [-0.3, -0.25) is 4.79 Å². The molecule has 4 rings (SSSR count). The molecule has 4 nitrogen and oxygen atoms in total. The van der Waals surface area contributed by atoms with Crippen molar-refractivity contribution in [3.8, 4) is 0 Å². The molecule has 1 amide bonds. The molecule has 0 aromatic heterocycles. The number of likely N-dealkylation sites (N-methyl/N-ethyl adjacent to an activating group) is 1. The minimum absolute atomic E-state index is 0.0264. The van der Waals surface area contributed by atoms with E-state index in [1.54, 1.807) is 4.90 Å². The number of quaternary nitrogens is 1. The van der Waals surface area contributed by atoms with Crippen LogP contribution in [0.25, 0.3) is 10.8 Å². The molecule has 1 saturated heterocycles. The number of carbonyl (C=O) groups is 1. The van der Waals surface area contributed by atoms with Gasteiger partial charge in [0, 0.05) is 0 Å². The zero-order chi connectivity index (χ0) is 18.6. The normalized spacial score (nSPS) is 15.1. The number of benzene rings is 3. The van der Waals surface area contributed by atoms with Crippen LogP contribution in [0.3, 0.4) is 0 Å². The average molecular weight is 360 g/mol. The molecular formula is C23H26N3O+. The minimum Gasteiger partial charge on any atom is -0.359 e. The number of piperazine rings is 1. The van der Waals surface area contributed by atoms with Gasteiger partial charge in [0.1, 0.15) is 0 Å². The number of carbonyl (C=O) groups excluding carboxylic acids is 1. The maximum atomic E-state index is 12.8. The van der Waals surface area contributed by atoms with Gasteiger partial charge in [0.25, 0.3) is 0 Å². The number of amides is 1. The van der Waals surface area contributed by atoms with Crippen LogP contribution in [0.15, 0.2) is 66.7 Å². The molecule has 3 aromatic carbocycles. The fraction of sp³-hybridized carbons (Fsp3) is 0.261. The Balaban J connectivity index is 1.52. The van der Waals surface area contributed by atoms with E-state index in [-0.39, 0.29) is 5.91 Å².